The van der Waals surface area contributed by atoms with Gasteiger partial charge in [0.25, 0.3) is 5.91 Å². The topological polar surface area (TPSA) is 81.7 Å². The van der Waals surface area contributed by atoms with Crippen LogP contribution in [-0.4, -0.2) is 53.0 Å². The number of imidazole rings is 2. The Kier molecular flexibility index (Phi) is 6.38. The van der Waals surface area contributed by atoms with Gasteiger partial charge in [-0.25, -0.2) is 15.0 Å². The van der Waals surface area contributed by atoms with Crippen LogP contribution in [0.1, 0.15) is 29.9 Å². The number of aromatic nitrogens is 6. The van der Waals surface area contributed by atoms with E-state index in [9.17, 15) is 4.79 Å². The van der Waals surface area contributed by atoms with E-state index in [4.69, 9.17) is 9.97 Å². The Morgan fingerprint density at radius 2 is 1.35 bits per heavy atom. The fourth-order valence-corrected chi connectivity index (χ4v) is 5.17. The molecule has 0 atom stereocenters. The van der Waals surface area contributed by atoms with Crippen LogP contribution in [0.3, 0.4) is 0 Å². The molecule has 6 rings (SSSR count). The Morgan fingerprint density at radius 3 is 1.90 bits per heavy atom. The summed E-state index contributed by atoms with van der Waals surface area (Å²) in [6.45, 7) is 7.26. The molecule has 0 spiro atoms. The van der Waals surface area contributed by atoms with Crippen LogP contribution in [0.15, 0.2) is 72.9 Å². The number of carbonyl (C=O) groups is 1. The predicted molar refractivity (Wildman–Crippen MR) is 159 cm³/mol. The highest BCUT2D eigenvalue weighted by atomic mass is 16.2. The lowest BCUT2D eigenvalue weighted by Gasteiger charge is -2.18. The molecular weight excluding hydrogens is 498 g/mol. The summed E-state index contributed by atoms with van der Waals surface area (Å²) in [5.41, 5.74) is 9.01. The molecule has 0 unspecified atom stereocenters. The second-order valence-electron chi connectivity index (χ2n) is 10.0. The molecule has 8 heteroatoms. The monoisotopic (exact) mass is 529 g/mol. The van der Waals surface area contributed by atoms with Crippen molar-refractivity contribution in [3.63, 3.8) is 0 Å². The van der Waals surface area contributed by atoms with Gasteiger partial charge in [-0.3, -0.25) is 9.78 Å². The van der Waals surface area contributed by atoms with Gasteiger partial charge in [0, 0.05) is 33.4 Å². The number of pyridine rings is 2. The minimum absolute atomic E-state index is 0.0702. The van der Waals surface area contributed by atoms with Crippen LogP contribution >= 0.6 is 0 Å². The molecule has 8 nitrogen and oxygen atoms in total. The largest absolute Gasteiger partial charge is 0.338 e. The van der Waals surface area contributed by atoms with Crippen molar-refractivity contribution < 1.29 is 4.79 Å². The van der Waals surface area contributed by atoms with Crippen molar-refractivity contribution in [2.24, 2.45) is 14.1 Å². The van der Waals surface area contributed by atoms with Crippen molar-refractivity contribution in [3.05, 3.63) is 84.2 Å². The molecule has 0 aliphatic heterocycles. The van der Waals surface area contributed by atoms with Gasteiger partial charge in [-0.15, -0.1) is 0 Å². The second-order valence-corrected chi connectivity index (χ2v) is 10.0. The smallest absolute Gasteiger partial charge is 0.272 e. The molecule has 0 fully saturated rings. The van der Waals surface area contributed by atoms with Gasteiger partial charge in [-0.2, -0.15) is 0 Å². The van der Waals surface area contributed by atoms with Crippen LogP contribution in [0.5, 0.6) is 0 Å². The fourth-order valence-electron chi connectivity index (χ4n) is 5.17. The number of amides is 1. The molecule has 0 aliphatic carbocycles. The summed E-state index contributed by atoms with van der Waals surface area (Å²) in [5.74, 6) is 1.49. The van der Waals surface area contributed by atoms with Gasteiger partial charge < -0.3 is 14.0 Å². The minimum atomic E-state index is -0.0702. The van der Waals surface area contributed by atoms with Crippen molar-refractivity contribution >= 4 is 28.0 Å². The molecule has 4 aromatic heterocycles. The minimum Gasteiger partial charge on any atom is -0.338 e. The third-order valence-corrected chi connectivity index (χ3v) is 7.48. The van der Waals surface area contributed by atoms with E-state index in [1.54, 1.807) is 11.0 Å². The van der Waals surface area contributed by atoms with Gasteiger partial charge in [0.1, 0.15) is 17.1 Å². The number of nitrogens with zero attached hydrogens (tertiary/aromatic N) is 7. The summed E-state index contributed by atoms with van der Waals surface area (Å²) < 4.78 is 4.10. The highest BCUT2D eigenvalue weighted by Crippen LogP contribution is 2.31. The quantitative estimate of drug-likeness (QED) is 0.263. The Bertz CT molecular complexity index is 1880. The number of hydrogen-bond acceptors (Lipinski definition) is 5. The molecule has 0 aliphatic rings. The molecular formula is C32H31N7O. The first kappa shape index (κ1) is 25.4. The highest BCUT2D eigenvalue weighted by Gasteiger charge is 2.18. The van der Waals surface area contributed by atoms with Gasteiger partial charge in [0.2, 0.25) is 0 Å². The molecule has 0 radical (unpaired) electrons. The van der Waals surface area contributed by atoms with Crippen molar-refractivity contribution in [1.29, 1.82) is 0 Å². The van der Waals surface area contributed by atoms with E-state index in [1.165, 1.54) is 0 Å². The number of carbonyl (C=O) groups excluding carboxylic acids is 1. The summed E-state index contributed by atoms with van der Waals surface area (Å²) in [5, 5.41) is 0. The van der Waals surface area contributed by atoms with Crippen LogP contribution < -0.4 is 0 Å². The Morgan fingerprint density at radius 1 is 0.750 bits per heavy atom. The number of fused-ring (bicyclic) bond motifs is 2. The lowest BCUT2D eigenvalue weighted by atomic mass is 10.0. The molecule has 0 N–H and O–H groups in total. The molecule has 200 valence electrons. The standard InChI is InChI=1S/C32H31N7O/c1-6-39(7-2)32(40)25-10-8-9-24(34-25)31-36-27-18-22(13-16-29(27)38(31)5)21-12-15-28-26(17-21)35-30(37(28)4)23-14-11-20(3)19-33-23/h8-19H,6-7H2,1-5H3. The van der Waals surface area contributed by atoms with Crippen molar-refractivity contribution in [3.8, 4) is 34.2 Å². The van der Waals surface area contributed by atoms with E-state index in [0.29, 0.717) is 24.5 Å². The normalized spacial score (nSPS) is 11.4. The molecule has 1 amide bonds. The van der Waals surface area contributed by atoms with E-state index in [1.807, 2.05) is 63.8 Å². The zero-order valence-corrected chi connectivity index (χ0v) is 23.4. The van der Waals surface area contributed by atoms with Crippen molar-refractivity contribution in [1.82, 2.24) is 34.0 Å². The Hall–Kier alpha value is -4.85. The average molecular weight is 530 g/mol. The lowest BCUT2D eigenvalue weighted by molar-refractivity contribution is 0.0767. The van der Waals surface area contributed by atoms with Crippen LogP contribution in [0.25, 0.3) is 56.2 Å². The summed E-state index contributed by atoms with van der Waals surface area (Å²) in [6, 6.07) is 22.2. The lowest BCUT2D eigenvalue weighted by Crippen LogP contribution is -2.31. The molecule has 0 saturated carbocycles. The molecule has 40 heavy (non-hydrogen) atoms. The number of hydrogen-bond donors (Lipinski definition) is 0. The SMILES string of the molecule is CCN(CC)C(=O)c1cccc(-c2nc3cc(-c4ccc5c(c4)nc(-c4ccc(C)cn4)n5C)ccc3n2C)n1. The Labute approximate surface area is 233 Å². The van der Waals surface area contributed by atoms with E-state index >= 15 is 0 Å². The summed E-state index contributed by atoms with van der Waals surface area (Å²) in [4.78, 5) is 33.7. The van der Waals surface area contributed by atoms with Crippen LogP contribution in [0.2, 0.25) is 0 Å². The zero-order valence-electron chi connectivity index (χ0n) is 23.4. The second kappa shape index (κ2) is 10.0. The zero-order chi connectivity index (χ0) is 28.0. The fraction of sp³-hybridized carbons (Fsp3) is 0.219. The third kappa shape index (κ3) is 4.31. The summed E-state index contributed by atoms with van der Waals surface area (Å²) in [6.07, 6.45) is 1.87. The number of aryl methyl sites for hydroxylation is 3. The predicted octanol–water partition coefficient (Wildman–Crippen LogP) is 6.04. The van der Waals surface area contributed by atoms with Gasteiger partial charge in [-0.05, 0) is 79.9 Å². The van der Waals surface area contributed by atoms with E-state index in [2.05, 4.69) is 57.0 Å². The third-order valence-electron chi connectivity index (χ3n) is 7.48. The maximum Gasteiger partial charge on any atom is 0.272 e. The molecule has 4 heterocycles. The van der Waals surface area contributed by atoms with E-state index in [0.717, 1.165) is 56.1 Å². The Balaban J connectivity index is 1.37. The highest BCUT2D eigenvalue weighted by molar-refractivity contribution is 5.93. The number of benzene rings is 2. The summed E-state index contributed by atoms with van der Waals surface area (Å²) in [7, 11) is 4.00. The van der Waals surface area contributed by atoms with Crippen LogP contribution in [-0.2, 0) is 14.1 Å². The first-order valence-corrected chi connectivity index (χ1v) is 13.5. The molecule has 0 bridgehead atoms. The number of rotatable bonds is 6. The molecule has 2 aromatic carbocycles. The van der Waals surface area contributed by atoms with Crippen molar-refractivity contribution in [2.45, 2.75) is 20.8 Å². The molecule has 0 saturated heterocycles. The van der Waals surface area contributed by atoms with Crippen LogP contribution in [0, 0.1) is 6.92 Å². The van der Waals surface area contributed by atoms with Gasteiger partial charge in [0.15, 0.2) is 11.6 Å². The maximum atomic E-state index is 12.9. The van der Waals surface area contributed by atoms with Crippen molar-refractivity contribution in [2.75, 3.05) is 13.1 Å². The summed E-state index contributed by atoms with van der Waals surface area (Å²) >= 11 is 0. The maximum absolute atomic E-state index is 12.9. The first-order chi connectivity index (χ1) is 19.4. The average Bonchev–Trinajstić information content (AvgIpc) is 3.49. The molecule has 6 aromatic rings. The van der Waals surface area contributed by atoms with Gasteiger partial charge in [0.05, 0.1) is 22.1 Å². The first-order valence-electron chi connectivity index (χ1n) is 13.5. The van der Waals surface area contributed by atoms with E-state index < -0.39 is 0 Å². The van der Waals surface area contributed by atoms with Gasteiger partial charge in [-0.1, -0.05) is 24.3 Å². The van der Waals surface area contributed by atoms with E-state index in [-0.39, 0.29) is 5.91 Å². The van der Waals surface area contributed by atoms with Crippen LogP contribution in [0.4, 0.5) is 0 Å². The van der Waals surface area contributed by atoms with Gasteiger partial charge >= 0.3 is 0 Å².